The molecule has 1 saturated heterocycles. The van der Waals surface area contributed by atoms with E-state index in [1.54, 1.807) is 0 Å². The van der Waals surface area contributed by atoms with Gasteiger partial charge in [0.2, 0.25) is 5.91 Å². The average Bonchev–Trinajstić information content (AvgIpc) is 2.54. The molecule has 116 valence electrons. The van der Waals surface area contributed by atoms with Crippen molar-refractivity contribution in [2.24, 2.45) is 11.7 Å². The fourth-order valence-corrected chi connectivity index (χ4v) is 2.61. The van der Waals surface area contributed by atoms with Gasteiger partial charge in [0.05, 0.1) is 0 Å². The van der Waals surface area contributed by atoms with Gasteiger partial charge in [0.1, 0.15) is 0 Å². The molecule has 1 aliphatic rings. The Balaban J connectivity index is 1.80. The van der Waals surface area contributed by atoms with Crippen LogP contribution in [-0.2, 0) is 17.9 Å². The summed E-state index contributed by atoms with van der Waals surface area (Å²) < 4.78 is 0. The van der Waals surface area contributed by atoms with Gasteiger partial charge in [-0.3, -0.25) is 9.69 Å². The van der Waals surface area contributed by atoms with Crippen molar-refractivity contribution in [3.05, 3.63) is 35.4 Å². The van der Waals surface area contributed by atoms with Gasteiger partial charge in [-0.25, -0.2) is 0 Å². The molecule has 0 radical (unpaired) electrons. The number of carbonyl (C=O) groups is 1. The summed E-state index contributed by atoms with van der Waals surface area (Å²) >= 11 is 0. The predicted octanol–water partition coefficient (Wildman–Crippen LogP) is 1.88. The zero-order valence-electron chi connectivity index (χ0n) is 13.0. The minimum absolute atomic E-state index is 0.0230. The summed E-state index contributed by atoms with van der Waals surface area (Å²) in [4.78, 5) is 14.2. The summed E-state index contributed by atoms with van der Waals surface area (Å²) in [7, 11) is 0. The Morgan fingerprint density at radius 2 is 1.81 bits per heavy atom. The molecule has 0 aromatic heterocycles. The number of benzene rings is 1. The normalized spacial score (nSPS) is 17.4. The van der Waals surface area contributed by atoms with E-state index in [0.29, 0.717) is 13.1 Å². The van der Waals surface area contributed by atoms with Gasteiger partial charge in [-0.05, 0) is 37.1 Å². The highest BCUT2D eigenvalue weighted by molar-refractivity contribution is 5.78. The molecule has 0 aliphatic carbocycles. The van der Waals surface area contributed by atoms with Gasteiger partial charge in [0.15, 0.2) is 0 Å². The lowest BCUT2D eigenvalue weighted by Crippen LogP contribution is -2.32. The lowest BCUT2D eigenvalue weighted by molar-refractivity contribution is -0.124. The van der Waals surface area contributed by atoms with Gasteiger partial charge in [-0.2, -0.15) is 0 Å². The summed E-state index contributed by atoms with van der Waals surface area (Å²) in [6.45, 7) is 6.28. The van der Waals surface area contributed by atoms with E-state index < -0.39 is 0 Å². The van der Waals surface area contributed by atoms with Gasteiger partial charge in [0, 0.05) is 25.6 Å². The molecule has 0 bridgehead atoms. The van der Waals surface area contributed by atoms with Crippen LogP contribution in [0.4, 0.5) is 0 Å². The number of nitrogens with zero attached hydrogens (tertiary/aromatic N) is 1. The van der Waals surface area contributed by atoms with Crippen LogP contribution >= 0.6 is 0 Å². The molecule has 1 fully saturated rings. The molecule has 1 amide bonds. The standard InChI is InChI=1S/C17H27N3O/c1-14(11-18)17(21)19-12-15-5-7-16(8-6-15)13-20-9-3-2-4-10-20/h5-8,14H,2-4,9-13,18H2,1H3,(H,19,21). The molecule has 0 saturated carbocycles. The topological polar surface area (TPSA) is 58.4 Å². The summed E-state index contributed by atoms with van der Waals surface area (Å²) in [6, 6.07) is 8.55. The van der Waals surface area contributed by atoms with Crippen LogP contribution in [0.3, 0.4) is 0 Å². The summed E-state index contributed by atoms with van der Waals surface area (Å²) in [5, 5.41) is 2.92. The number of nitrogens with two attached hydrogens (primary N) is 1. The fourth-order valence-electron chi connectivity index (χ4n) is 2.61. The molecule has 3 N–H and O–H groups in total. The Labute approximate surface area is 127 Å². The number of nitrogens with one attached hydrogen (secondary N) is 1. The molecule has 21 heavy (non-hydrogen) atoms. The van der Waals surface area contributed by atoms with Crippen LogP contribution < -0.4 is 11.1 Å². The van der Waals surface area contributed by atoms with Crippen LogP contribution in [0.25, 0.3) is 0 Å². The maximum atomic E-state index is 11.7. The van der Waals surface area contributed by atoms with Crippen molar-refractivity contribution in [1.82, 2.24) is 10.2 Å². The van der Waals surface area contributed by atoms with Gasteiger partial charge >= 0.3 is 0 Å². The summed E-state index contributed by atoms with van der Waals surface area (Å²) in [6.07, 6.45) is 4.02. The van der Waals surface area contributed by atoms with Gasteiger partial charge in [0.25, 0.3) is 0 Å². The third-order valence-corrected chi connectivity index (χ3v) is 4.15. The number of amides is 1. The lowest BCUT2D eigenvalue weighted by Gasteiger charge is -2.26. The van der Waals surface area contributed by atoms with Crippen LogP contribution in [0.5, 0.6) is 0 Å². The van der Waals surface area contributed by atoms with Gasteiger partial charge in [-0.1, -0.05) is 37.6 Å². The highest BCUT2D eigenvalue weighted by Gasteiger charge is 2.11. The zero-order valence-corrected chi connectivity index (χ0v) is 13.0. The molecule has 1 atom stereocenters. The zero-order chi connectivity index (χ0) is 15.1. The first kappa shape index (κ1) is 16.0. The summed E-state index contributed by atoms with van der Waals surface area (Å²) in [5.41, 5.74) is 7.97. The molecule has 4 heteroatoms. The van der Waals surface area contributed by atoms with Crippen LogP contribution in [0, 0.1) is 5.92 Å². The molecular formula is C17H27N3O. The molecule has 1 aliphatic heterocycles. The SMILES string of the molecule is CC(CN)C(=O)NCc1ccc(CN2CCCCC2)cc1. The first-order valence-electron chi connectivity index (χ1n) is 7.97. The lowest BCUT2D eigenvalue weighted by atomic mass is 10.1. The third-order valence-electron chi connectivity index (χ3n) is 4.15. The van der Waals surface area contributed by atoms with E-state index in [9.17, 15) is 4.79 Å². The van der Waals surface area contributed by atoms with E-state index in [0.717, 1.165) is 12.1 Å². The molecule has 1 unspecified atom stereocenters. The molecular weight excluding hydrogens is 262 g/mol. The Kier molecular flexibility index (Phi) is 6.21. The highest BCUT2D eigenvalue weighted by Crippen LogP contribution is 2.13. The Morgan fingerprint density at radius 1 is 1.19 bits per heavy atom. The largest absolute Gasteiger partial charge is 0.352 e. The van der Waals surface area contributed by atoms with Crippen LogP contribution in [-0.4, -0.2) is 30.4 Å². The van der Waals surface area contributed by atoms with E-state index in [1.807, 2.05) is 6.92 Å². The van der Waals surface area contributed by atoms with E-state index in [4.69, 9.17) is 5.73 Å². The van der Waals surface area contributed by atoms with Crippen molar-refractivity contribution in [3.63, 3.8) is 0 Å². The van der Waals surface area contributed by atoms with Gasteiger partial charge < -0.3 is 11.1 Å². The molecule has 0 spiro atoms. The van der Waals surface area contributed by atoms with Crippen molar-refractivity contribution in [1.29, 1.82) is 0 Å². The molecule has 1 aromatic rings. The summed E-state index contributed by atoms with van der Waals surface area (Å²) in [5.74, 6) is -0.0988. The van der Waals surface area contributed by atoms with Crippen molar-refractivity contribution in [2.75, 3.05) is 19.6 Å². The molecule has 1 aromatic carbocycles. The van der Waals surface area contributed by atoms with Crippen molar-refractivity contribution in [3.8, 4) is 0 Å². The molecule has 2 rings (SSSR count). The van der Waals surface area contributed by atoms with Crippen LogP contribution in [0.15, 0.2) is 24.3 Å². The van der Waals surface area contributed by atoms with Gasteiger partial charge in [-0.15, -0.1) is 0 Å². The first-order chi connectivity index (χ1) is 10.2. The minimum atomic E-state index is -0.122. The number of rotatable bonds is 6. The molecule has 1 heterocycles. The number of carbonyl (C=O) groups excluding carboxylic acids is 1. The van der Waals surface area contributed by atoms with E-state index in [-0.39, 0.29) is 11.8 Å². The Morgan fingerprint density at radius 3 is 2.43 bits per heavy atom. The Bertz CT molecular complexity index is 438. The average molecular weight is 289 g/mol. The second kappa shape index (κ2) is 8.15. The second-order valence-electron chi connectivity index (χ2n) is 6.01. The quantitative estimate of drug-likeness (QED) is 0.841. The molecule has 4 nitrogen and oxygen atoms in total. The predicted molar refractivity (Wildman–Crippen MR) is 85.6 cm³/mol. The monoisotopic (exact) mass is 289 g/mol. The van der Waals surface area contributed by atoms with E-state index in [2.05, 4.69) is 34.5 Å². The fraction of sp³-hybridized carbons (Fsp3) is 0.588. The maximum Gasteiger partial charge on any atom is 0.224 e. The van der Waals surface area contributed by atoms with Crippen LogP contribution in [0.1, 0.15) is 37.3 Å². The number of piperidine rings is 1. The van der Waals surface area contributed by atoms with Crippen molar-refractivity contribution in [2.45, 2.75) is 39.3 Å². The minimum Gasteiger partial charge on any atom is -0.352 e. The van der Waals surface area contributed by atoms with Crippen molar-refractivity contribution >= 4 is 5.91 Å². The van der Waals surface area contributed by atoms with E-state index >= 15 is 0 Å². The van der Waals surface area contributed by atoms with Crippen molar-refractivity contribution < 1.29 is 4.79 Å². The Hall–Kier alpha value is -1.39. The van der Waals surface area contributed by atoms with Crippen LogP contribution in [0.2, 0.25) is 0 Å². The van der Waals surface area contributed by atoms with E-state index in [1.165, 1.54) is 37.9 Å². The number of likely N-dealkylation sites (tertiary alicyclic amines) is 1. The second-order valence-corrected chi connectivity index (χ2v) is 6.01. The highest BCUT2D eigenvalue weighted by atomic mass is 16.1. The maximum absolute atomic E-state index is 11.7. The smallest absolute Gasteiger partial charge is 0.224 e. The number of hydrogen-bond acceptors (Lipinski definition) is 3. The first-order valence-corrected chi connectivity index (χ1v) is 7.97. The third kappa shape index (κ3) is 5.14. The number of hydrogen-bond donors (Lipinski definition) is 2.